The van der Waals surface area contributed by atoms with Crippen LogP contribution in [0.3, 0.4) is 0 Å². The minimum absolute atomic E-state index is 0.0645. The molecule has 128 valence electrons. The molecule has 1 aromatic carbocycles. The third-order valence-electron chi connectivity index (χ3n) is 6.54. The highest BCUT2D eigenvalue weighted by molar-refractivity contribution is 6.01. The Morgan fingerprint density at radius 1 is 1.36 bits per heavy atom. The number of aliphatic hydroxyl groups excluding tert-OH is 1. The van der Waals surface area contributed by atoms with Crippen LogP contribution in [-0.4, -0.2) is 44.6 Å². The predicted molar refractivity (Wildman–Crippen MR) is 92.8 cm³/mol. The SMILES string of the molecule is Cc1ccc(-c2ncccn2)c(C(=O)N2C3CCC34C[C@H](CO)C24)c1. The van der Waals surface area contributed by atoms with E-state index in [4.69, 9.17) is 0 Å². The second-order valence-corrected chi connectivity index (χ2v) is 7.71. The number of hydrogen-bond acceptors (Lipinski definition) is 4. The van der Waals surface area contributed by atoms with Crippen LogP contribution in [0.15, 0.2) is 36.7 Å². The van der Waals surface area contributed by atoms with Gasteiger partial charge in [-0.1, -0.05) is 17.7 Å². The number of carbonyl (C=O) groups is 1. The third-order valence-corrected chi connectivity index (χ3v) is 6.54. The van der Waals surface area contributed by atoms with Gasteiger partial charge in [0.1, 0.15) is 0 Å². The van der Waals surface area contributed by atoms with Gasteiger partial charge in [0.2, 0.25) is 0 Å². The van der Waals surface area contributed by atoms with Gasteiger partial charge in [-0.25, -0.2) is 9.97 Å². The lowest BCUT2D eigenvalue weighted by atomic mass is 9.39. The van der Waals surface area contributed by atoms with Gasteiger partial charge in [-0.3, -0.25) is 4.79 Å². The highest BCUT2D eigenvalue weighted by Gasteiger charge is 2.75. The first-order valence-corrected chi connectivity index (χ1v) is 8.97. The molecule has 2 aliphatic carbocycles. The Bertz CT molecular complexity index is 853. The Labute approximate surface area is 146 Å². The smallest absolute Gasteiger partial charge is 0.255 e. The standard InChI is InChI=1S/C20H21N3O2/c1-12-3-4-14(18-21-7-2-8-22-18)15(9-12)19(25)23-16-5-6-20(16)10-13(11-24)17(20)23/h2-4,7-9,13,16-17,24H,5-6,10-11H2,1H3/t13-,16?,17?,20?/m1/s1. The average molecular weight is 335 g/mol. The summed E-state index contributed by atoms with van der Waals surface area (Å²) in [6, 6.07) is 8.23. The summed E-state index contributed by atoms with van der Waals surface area (Å²) in [5, 5.41) is 9.62. The molecule has 1 amide bonds. The van der Waals surface area contributed by atoms with Gasteiger partial charge in [0, 0.05) is 48.0 Å². The van der Waals surface area contributed by atoms with Crippen molar-refractivity contribution in [3.63, 3.8) is 0 Å². The molecule has 1 spiro atoms. The molecule has 3 aliphatic rings. The zero-order valence-corrected chi connectivity index (χ0v) is 14.2. The fourth-order valence-electron chi connectivity index (χ4n) is 5.33. The van der Waals surface area contributed by atoms with Crippen LogP contribution in [0.4, 0.5) is 0 Å². The quantitative estimate of drug-likeness (QED) is 0.935. The number of benzene rings is 1. The molecule has 5 heteroatoms. The van der Waals surface area contributed by atoms with Crippen molar-refractivity contribution in [3.05, 3.63) is 47.8 Å². The lowest BCUT2D eigenvalue weighted by Crippen LogP contribution is -2.86. The number of nitrogens with zero attached hydrogens (tertiary/aromatic N) is 3. The number of piperidine rings is 2. The minimum Gasteiger partial charge on any atom is -0.396 e. The number of amides is 1. The van der Waals surface area contributed by atoms with Gasteiger partial charge >= 0.3 is 0 Å². The third kappa shape index (κ3) is 1.84. The number of aromatic nitrogens is 2. The van der Waals surface area contributed by atoms with Crippen LogP contribution >= 0.6 is 0 Å². The summed E-state index contributed by atoms with van der Waals surface area (Å²) in [5.41, 5.74) is 2.83. The van der Waals surface area contributed by atoms with Crippen molar-refractivity contribution in [2.24, 2.45) is 11.3 Å². The van der Waals surface area contributed by atoms with E-state index in [0.717, 1.165) is 24.0 Å². The fourth-order valence-corrected chi connectivity index (χ4v) is 5.33. The molecule has 0 bridgehead atoms. The molecule has 1 N–H and O–H groups in total. The van der Waals surface area contributed by atoms with Crippen molar-refractivity contribution in [1.82, 2.24) is 14.9 Å². The van der Waals surface area contributed by atoms with E-state index in [-0.39, 0.29) is 24.5 Å². The van der Waals surface area contributed by atoms with Gasteiger partial charge in [0.25, 0.3) is 5.91 Å². The van der Waals surface area contributed by atoms with Crippen LogP contribution in [0, 0.1) is 18.3 Å². The molecule has 25 heavy (non-hydrogen) atoms. The zero-order valence-electron chi connectivity index (χ0n) is 14.2. The molecule has 1 aromatic heterocycles. The summed E-state index contributed by atoms with van der Waals surface area (Å²) in [5.74, 6) is 0.884. The first kappa shape index (κ1) is 15.0. The van der Waals surface area contributed by atoms with Gasteiger partial charge in [-0.05, 0) is 38.3 Å². The topological polar surface area (TPSA) is 66.3 Å². The molecule has 2 heterocycles. The maximum atomic E-state index is 13.4. The monoisotopic (exact) mass is 335 g/mol. The summed E-state index contributed by atoms with van der Waals surface area (Å²) >= 11 is 0. The maximum absolute atomic E-state index is 13.4. The molecule has 3 fully saturated rings. The lowest BCUT2D eigenvalue weighted by Gasteiger charge is -2.79. The van der Waals surface area contributed by atoms with Crippen molar-refractivity contribution < 1.29 is 9.90 Å². The summed E-state index contributed by atoms with van der Waals surface area (Å²) in [4.78, 5) is 24.1. The molecule has 5 rings (SSSR count). The molecule has 4 atom stereocenters. The Balaban J connectivity index is 1.53. The molecule has 3 unspecified atom stereocenters. The van der Waals surface area contributed by atoms with Crippen molar-refractivity contribution >= 4 is 5.91 Å². The van der Waals surface area contributed by atoms with Crippen LogP contribution in [0.1, 0.15) is 35.2 Å². The molecule has 0 radical (unpaired) electrons. The van der Waals surface area contributed by atoms with Crippen LogP contribution < -0.4 is 0 Å². The second-order valence-electron chi connectivity index (χ2n) is 7.71. The van der Waals surface area contributed by atoms with E-state index in [1.807, 2.05) is 30.0 Å². The molecule has 1 saturated heterocycles. The van der Waals surface area contributed by atoms with Gasteiger partial charge in [-0.15, -0.1) is 0 Å². The van der Waals surface area contributed by atoms with Crippen LogP contribution in [0.2, 0.25) is 0 Å². The number of hydrogen-bond donors (Lipinski definition) is 1. The summed E-state index contributed by atoms with van der Waals surface area (Å²) in [6.45, 7) is 2.17. The molecule has 2 aromatic rings. The van der Waals surface area contributed by atoms with E-state index in [2.05, 4.69) is 9.97 Å². The van der Waals surface area contributed by atoms with E-state index in [0.29, 0.717) is 22.8 Å². The highest BCUT2D eigenvalue weighted by atomic mass is 16.3. The van der Waals surface area contributed by atoms with E-state index >= 15 is 0 Å². The molecular formula is C20H21N3O2. The number of aryl methyl sites for hydroxylation is 1. The van der Waals surface area contributed by atoms with Crippen molar-refractivity contribution in [2.45, 2.75) is 38.3 Å². The maximum Gasteiger partial charge on any atom is 0.255 e. The van der Waals surface area contributed by atoms with Crippen LogP contribution in [-0.2, 0) is 0 Å². The lowest BCUT2D eigenvalue weighted by molar-refractivity contribution is -0.277. The largest absolute Gasteiger partial charge is 0.396 e. The number of rotatable bonds is 3. The average Bonchev–Trinajstić information content (AvgIpc) is 2.60. The Morgan fingerprint density at radius 3 is 2.84 bits per heavy atom. The van der Waals surface area contributed by atoms with Crippen molar-refractivity contribution in [3.8, 4) is 11.4 Å². The van der Waals surface area contributed by atoms with Gasteiger partial charge in [0.05, 0.1) is 5.56 Å². The molecule has 1 aliphatic heterocycles. The number of carbonyl (C=O) groups excluding carboxylic acids is 1. The second kappa shape index (κ2) is 5.11. The van der Waals surface area contributed by atoms with Gasteiger partial charge < -0.3 is 10.0 Å². The first-order valence-electron chi connectivity index (χ1n) is 8.97. The normalized spacial score (nSPS) is 31.9. The van der Waals surface area contributed by atoms with Gasteiger partial charge in [0.15, 0.2) is 5.82 Å². The molecule has 2 saturated carbocycles. The minimum atomic E-state index is 0.0645. The van der Waals surface area contributed by atoms with Crippen molar-refractivity contribution in [1.29, 1.82) is 0 Å². The number of likely N-dealkylation sites (tertiary alicyclic amines) is 1. The Kier molecular flexibility index (Phi) is 3.07. The van der Waals surface area contributed by atoms with Crippen molar-refractivity contribution in [2.75, 3.05) is 6.61 Å². The summed E-state index contributed by atoms with van der Waals surface area (Å²) in [6.07, 6.45) is 6.76. The highest BCUT2D eigenvalue weighted by Crippen LogP contribution is 2.70. The van der Waals surface area contributed by atoms with Gasteiger partial charge in [-0.2, -0.15) is 0 Å². The Hall–Kier alpha value is -2.27. The number of aliphatic hydroxyl groups is 1. The van der Waals surface area contributed by atoms with E-state index < -0.39 is 0 Å². The van der Waals surface area contributed by atoms with E-state index in [1.165, 1.54) is 6.42 Å². The summed E-state index contributed by atoms with van der Waals surface area (Å²) < 4.78 is 0. The van der Waals surface area contributed by atoms with E-state index in [1.54, 1.807) is 18.5 Å². The van der Waals surface area contributed by atoms with Crippen LogP contribution in [0.25, 0.3) is 11.4 Å². The zero-order chi connectivity index (χ0) is 17.2. The molecule has 5 nitrogen and oxygen atoms in total. The Morgan fingerprint density at radius 2 is 2.16 bits per heavy atom. The fraction of sp³-hybridized carbons (Fsp3) is 0.450. The summed E-state index contributed by atoms with van der Waals surface area (Å²) in [7, 11) is 0. The predicted octanol–water partition coefficient (Wildman–Crippen LogP) is 2.44. The molecular weight excluding hydrogens is 314 g/mol. The van der Waals surface area contributed by atoms with E-state index in [9.17, 15) is 9.90 Å². The first-order chi connectivity index (χ1) is 12.2. The van der Waals surface area contributed by atoms with Crippen LogP contribution in [0.5, 0.6) is 0 Å².